The van der Waals surface area contributed by atoms with Crippen molar-refractivity contribution in [1.29, 1.82) is 0 Å². The largest absolute Gasteiger partial charge is 0.493 e. The number of hydrogen-bond donors (Lipinski definition) is 2. The van der Waals surface area contributed by atoms with E-state index in [1.165, 1.54) is 21.8 Å². The maximum atomic E-state index is 12.4. The third kappa shape index (κ3) is 7.06. The molecule has 2 aromatic rings. The maximum Gasteiger partial charge on any atom is 0.332 e. The van der Waals surface area contributed by atoms with Gasteiger partial charge >= 0.3 is 5.97 Å². The highest BCUT2D eigenvalue weighted by atomic mass is 35.5. The molecule has 0 fully saturated rings. The zero-order chi connectivity index (χ0) is 26.2. The molecule has 1 aromatic heterocycles. The smallest absolute Gasteiger partial charge is 0.332 e. The zero-order valence-electron chi connectivity index (χ0n) is 20.8. The SMILES string of the molecule is CCCOc1cc2ccc1=2.Cc1sc(-c2ccccc2Cl)nc1C(=O)NCCC(OC(C)C)C(=O)O. The number of carbonyl (C=O) groups excluding carboxylic acids is 1. The Hall–Kier alpha value is -2.94. The van der Waals surface area contributed by atoms with Crippen LogP contribution in [0.4, 0.5) is 0 Å². The van der Waals surface area contributed by atoms with Crippen molar-refractivity contribution in [3.05, 3.63) is 68.5 Å². The van der Waals surface area contributed by atoms with E-state index in [0.29, 0.717) is 15.7 Å². The lowest BCUT2D eigenvalue weighted by Gasteiger charge is -2.16. The number of ether oxygens (including phenoxy) is 2. The van der Waals surface area contributed by atoms with Gasteiger partial charge in [-0.25, -0.2) is 9.78 Å². The number of aryl methyl sites for hydroxylation is 1. The molecule has 2 aliphatic rings. The van der Waals surface area contributed by atoms with Crippen LogP contribution in [0.25, 0.3) is 10.6 Å². The average molecular weight is 531 g/mol. The minimum Gasteiger partial charge on any atom is -0.493 e. The van der Waals surface area contributed by atoms with Gasteiger partial charge in [0.05, 0.1) is 17.7 Å². The summed E-state index contributed by atoms with van der Waals surface area (Å²) in [6, 6.07) is 13.6. The molecule has 1 unspecified atom stereocenters. The number of aromatic nitrogens is 1. The summed E-state index contributed by atoms with van der Waals surface area (Å²) in [5.74, 6) is -0.302. The van der Waals surface area contributed by atoms with Crippen molar-refractivity contribution in [3.8, 4) is 16.3 Å². The number of rotatable bonds is 11. The Morgan fingerprint density at radius 3 is 2.50 bits per heavy atom. The number of carboxylic acids is 1. The summed E-state index contributed by atoms with van der Waals surface area (Å²) in [6.45, 7) is 8.49. The van der Waals surface area contributed by atoms with Crippen LogP contribution in [-0.2, 0) is 9.53 Å². The molecule has 0 saturated heterocycles. The zero-order valence-corrected chi connectivity index (χ0v) is 22.4. The molecule has 1 heterocycles. The first-order chi connectivity index (χ1) is 17.2. The number of hydrogen-bond acceptors (Lipinski definition) is 6. The molecule has 0 saturated carbocycles. The predicted octanol–water partition coefficient (Wildman–Crippen LogP) is 5.85. The normalized spacial score (nSPS) is 11.9. The van der Waals surface area contributed by atoms with Crippen LogP contribution in [0.15, 0.2) is 42.5 Å². The van der Waals surface area contributed by atoms with Gasteiger partial charge < -0.3 is 19.9 Å². The van der Waals surface area contributed by atoms with E-state index in [9.17, 15) is 9.59 Å². The second-order valence-corrected chi connectivity index (χ2v) is 10.1. The summed E-state index contributed by atoms with van der Waals surface area (Å²) in [5.41, 5.74) is 1.10. The molecule has 4 rings (SSSR count). The number of nitrogens with zero attached hydrogens (tertiary/aromatic N) is 1. The summed E-state index contributed by atoms with van der Waals surface area (Å²) in [5, 5.41) is 15.8. The number of amides is 1. The van der Waals surface area contributed by atoms with Crippen LogP contribution in [0.5, 0.6) is 5.75 Å². The molecule has 0 spiro atoms. The summed E-state index contributed by atoms with van der Waals surface area (Å²) in [4.78, 5) is 28.7. The monoisotopic (exact) mass is 530 g/mol. The molecule has 192 valence electrons. The number of carbonyl (C=O) groups is 2. The predicted molar refractivity (Wildman–Crippen MR) is 142 cm³/mol. The Bertz CT molecular complexity index is 1310. The number of thiazole rings is 1. The summed E-state index contributed by atoms with van der Waals surface area (Å²) >= 11 is 7.57. The molecule has 0 bridgehead atoms. The minimum atomic E-state index is -1.04. The van der Waals surface area contributed by atoms with Gasteiger partial charge in [-0.05, 0) is 44.5 Å². The van der Waals surface area contributed by atoms with Gasteiger partial charge in [0, 0.05) is 28.6 Å². The van der Waals surface area contributed by atoms with Crippen LogP contribution >= 0.6 is 22.9 Å². The molecule has 9 heteroatoms. The van der Waals surface area contributed by atoms with Crippen LogP contribution in [0.2, 0.25) is 5.02 Å². The Balaban J connectivity index is 0.000000297. The maximum absolute atomic E-state index is 12.4. The topological polar surface area (TPSA) is 97.8 Å². The molecular weight excluding hydrogens is 500 g/mol. The molecule has 2 N–H and O–H groups in total. The fourth-order valence-electron chi connectivity index (χ4n) is 3.42. The van der Waals surface area contributed by atoms with Crippen molar-refractivity contribution in [2.75, 3.05) is 13.2 Å². The third-order valence-corrected chi connectivity index (χ3v) is 6.61. The molecule has 7 nitrogen and oxygen atoms in total. The summed E-state index contributed by atoms with van der Waals surface area (Å²) in [6.07, 6.45) is 0.111. The Labute approximate surface area is 219 Å². The molecule has 1 atom stereocenters. The summed E-state index contributed by atoms with van der Waals surface area (Å²) in [7, 11) is 0. The Kier molecular flexibility index (Phi) is 9.87. The average Bonchev–Trinajstić information content (AvgIpc) is 3.21. The first-order valence-electron chi connectivity index (χ1n) is 11.9. The van der Waals surface area contributed by atoms with Crippen LogP contribution in [0.1, 0.15) is 49.0 Å². The number of halogens is 1. The van der Waals surface area contributed by atoms with E-state index in [1.54, 1.807) is 19.9 Å². The van der Waals surface area contributed by atoms with Gasteiger partial charge in [0.15, 0.2) is 6.10 Å². The van der Waals surface area contributed by atoms with Gasteiger partial charge in [0.25, 0.3) is 5.91 Å². The van der Waals surface area contributed by atoms with E-state index >= 15 is 0 Å². The molecule has 2 aliphatic carbocycles. The van der Waals surface area contributed by atoms with E-state index < -0.39 is 12.1 Å². The first-order valence-corrected chi connectivity index (χ1v) is 13.1. The third-order valence-electron chi connectivity index (χ3n) is 5.27. The molecule has 0 aliphatic heterocycles. The molecule has 36 heavy (non-hydrogen) atoms. The van der Waals surface area contributed by atoms with Gasteiger partial charge in [-0.3, -0.25) is 4.79 Å². The second kappa shape index (κ2) is 12.9. The number of carboxylic acid groups (broad SMARTS) is 1. The first kappa shape index (κ1) is 27.6. The molecular formula is C27H31ClN2O5S. The summed E-state index contributed by atoms with van der Waals surface area (Å²) < 4.78 is 10.7. The quantitative estimate of drug-likeness (QED) is 0.252. The highest BCUT2D eigenvalue weighted by Gasteiger charge is 2.21. The van der Waals surface area contributed by atoms with E-state index in [4.69, 9.17) is 26.2 Å². The molecule has 1 aromatic carbocycles. The highest BCUT2D eigenvalue weighted by Crippen LogP contribution is 2.32. The number of aliphatic carboxylic acids is 1. The van der Waals surface area contributed by atoms with E-state index in [-0.39, 0.29) is 25.0 Å². The van der Waals surface area contributed by atoms with E-state index in [2.05, 4.69) is 35.4 Å². The van der Waals surface area contributed by atoms with Crippen molar-refractivity contribution in [1.82, 2.24) is 10.3 Å². The van der Waals surface area contributed by atoms with Crippen LogP contribution in [-0.4, -0.2) is 47.3 Å². The van der Waals surface area contributed by atoms with Gasteiger partial charge in [-0.2, -0.15) is 0 Å². The van der Waals surface area contributed by atoms with Gasteiger partial charge in [-0.15, -0.1) is 11.3 Å². The standard InChI is InChI=1S/C18H21ClN2O4S.C9H10O/c1-10(2)25-14(18(23)24)8-9-20-16(22)15-11(3)26-17(21-15)12-6-4-5-7-13(12)19;1-2-5-10-9-6-7-3-4-8(7)9/h4-7,10,14H,8-9H2,1-3H3,(H,20,22)(H,23,24);3-4,6H,2,5H2,1H3. The van der Waals surface area contributed by atoms with Crippen molar-refractivity contribution in [2.45, 2.75) is 52.7 Å². The Morgan fingerprint density at radius 1 is 1.19 bits per heavy atom. The van der Waals surface area contributed by atoms with Gasteiger partial charge in [0.1, 0.15) is 16.5 Å². The fraction of sp³-hybridized carbons (Fsp3) is 0.370. The van der Waals surface area contributed by atoms with Gasteiger partial charge in [-0.1, -0.05) is 48.9 Å². The number of nitrogens with one attached hydrogen (secondary N) is 1. The van der Waals surface area contributed by atoms with E-state index in [1.807, 2.05) is 25.1 Å². The van der Waals surface area contributed by atoms with Crippen LogP contribution in [0, 0.1) is 17.4 Å². The second-order valence-electron chi connectivity index (χ2n) is 8.52. The lowest BCUT2D eigenvalue weighted by Crippen LogP contribution is -2.33. The Morgan fingerprint density at radius 2 is 1.94 bits per heavy atom. The highest BCUT2D eigenvalue weighted by molar-refractivity contribution is 7.15. The lowest BCUT2D eigenvalue weighted by molar-refractivity contribution is -0.153. The van der Waals surface area contributed by atoms with Crippen molar-refractivity contribution >= 4 is 34.8 Å². The van der Waals surface area contributed by atoms with Gasteiger partial charge in [0.2, 0.25) is 0 Å². The number of benzene rings is 2. The van der Waals surface area contributed by atoms with Crippen molar-refractivity contribution in [2.24, 2.45) is 0 Å². The lowest BCUT2D eigenvalue weighted by atomic mass is 10.1. The minimum absolute atomic E-state index is 0.180. The molecule has 1 amide bonds. The fourth-order valence-corrected chi connectivity index (χ4v) is 4.65. The molecule has 0 radical (unpaired) electrons. The van der Waals surface area contributed by atoms with Crippen molar-refractivity contribution in [3.63, 3.8) is 0 Å². The van der Waals surface area contributed by atoms with Crippen molar-refractivity contribution < 1.29 is 24.2 Å². The van der Waals surface area contributed by atoms with Crippen LogP contribution in [0.3, 0.4) is 0 Å². The van der Waals surface area contributed by atoms with Crippen LogP contribution < -0.4 is 10.1 Å². The van der Waals surface area contributed by atoms with E-state index in [0.717, 1.165) is 29.2 Å².